The van der Waals surface area contributed by atoms with Gasteiger partial charge in [0.25, 0.3) is 0 Å². The number of urea groups is 1. The molecule has 0 aromatic heterocycles. The van der Waals surface area contributed by atoms with E-state index in [9.17, 15) is 14.4 Å². The van der Waals surface area contributed by atoms with Gasteiger partial charge in [-0.2, -0.15) is 0 Å². The van der Waals surface area contributed by atoms with Crippen molar-refractivity contribution in [1.82, 2.24) is 9.80 Å². The second-order valence-electron chi connectivity index (χ2n) is 6.31. The Bertz CT molecular complexity index is 457. The van der Waals surface area contributed by atoms with Crippen molar-refractivity contribution < 1.29 is 14.4 Å². The molecule has 2 heterocycles. The van der Waals surface area contributed by atoms with E-state index in [1.54, 1.807) is 0 Å². The van der Waals surface area contributed by atoms with Gasteiger partial charge in [0.15, 0.2) is 0 Å². The highest BCUT2D eigenvalue weighted by Gasteiger charge is 2.54. The summed E-state index contributed by atoms with van der Waals surface area (Å²) < 4.78 is 0. The number of hydrogen-bond acceptors (Lipinski definition) is 3. The number of carbonyl (C=O) groups excluding carboxylic acids is 3. The topological polar surface area (TPSA) is 83.7 Å². The maximum Gasteiger partial charge on any atom is 0.314 e. The zero-order valence-electron chi connectivity index (χ0n) is 11.6. The van der Waals surface area contributed by atoms with E-state index in [2.05, 4.69) is 0 Å². The number of carbonyl (C=O) groups is 3. The molecule has 0 aromatic rings. The first kappa shape index (κ1) is 13.4. The van der Waals surface area contributed by atoms with E-state index in [0.717, 1.165) is 38.5 Å². The molecule has 3 rings (SSSR count). The second kappa shape index (κ2) is 4.75. The van der Waals surface area contributed by atoms with Gasteiger partial charge in [0.05, 0.1) is 11.5 Å². The van der Waals surface area contributed by atoms with Crippen LogP contribution in [0.4, 0.5) is 4.79 Å². The Kier molecular flexibility index (Phi) is 3.18. The Morgan fingerprint density at radius 2 is 1.90 bits per heavy atom. The smallest absolute Gasteiger partial charge is 0.314 e. The molecule has 2 saturated heterocycles. The lowest BCUT2D eigenvalue weighted by atomic mass is 9.84. The summed E-state index contributed by atoms with van der Waals surface area (Å²) >= 11 is 0. The third-order valence-electron chi connectivity index (χ3n) is 5.06. The Morgan fingerprint density at radius 3 is 2.55 bits per heavy atom. The summed E-state index contributed by atoms with van der Waals surface area (Å²) in [5, 5.41) is 0. The van der Waals surface area contributed by atoms with Gasteiger partial charge < -0.3 is 10.6 Å². The highest BCUT2D eigenvalue weighted by atomic mass is 16.2. The SMILES string of the molecule is NC(=O)N1CCCC(N2C(=O)CC3(CCCC3)C2=O)C1. The van der Waals surface area contributed by atoms with Crippen molar-refractivity contribution in [2.75, 3.05) is 13.1 Å². The van der Waals surface area contributed by atoms with Crippen molar-refractivity contribution in [2.45, 2.75) is 51.0 Å². The van der Waals surface area contributed by atoms with Crippen LogP contribution in [0.1, 0.15) is 44.9 Å². The van der Waals surface area contributed by atoms with Gasteiger partial charge in [0.1, 0.15) is 0 Å². The molecule has 1 atom stereocenters. The molecule has 6 heteroatoms. The molecular formula is C14H21N3O3. The second-order valence-corrected chi connectivity index (χ2v) is 6.31. The minimum absolute atomic E-state index is 0.00341. The summed E-state index contributed by atoms with van der Waals surface area (Å²) in [5.41, 5.74) is 4.89. The van der Waals surface area contributed by atoms with Crippen LogP contribution >= 0.6 is 0 Å². The number of amides is 4. The van der Waals surface area contributed by atoms with Crippen LogP contribution in [0.25, 0.3) is 0 Å². The number of nitrogens with zero attached hydrogens (tertiary/aromatic N) is 2. The normalized spacial score (nSPS) is 29.5. The zero-order chi connectivity index (χ0) is 14.3. The van der Waals surface area contributed by atoms with Gasteiger partial charge >= 0.3 is 6.03 Å². The van der Waals surface area contributed by atoms with Crippen molar-refractivity contribution in [3.8, 4) is 0 Å². The Hall–Kier alpha value is -1.59. The number of likely N-dealkylation sites (tertiary alicyclic amines) is 2. The predicted molar refractivity (Wildman–Crippen MR) is 71.5 cm³/mol. The van der Waals surface area contributed by atoms with Crippen LogP contribution in [0.3, 0.4) is 0 Å². The van der Waals surface area contributed by atoms with E-state index in [4.69, 9.17) is 5.73 Å². The van der Waals surface area contributed by atoms with Crippen molar-refractivity contribution in [3.05, 3.63) is 0 Å². The van der Waals surface area contributed by atoms with Crippen LogP contribution in [0.2, 0.25) is 0 Å². The molecule has 20 heavy (non-hydrogen) atoms. The van der Waals surface area contributed by atoms with Gasteiger partial charge in [-0.15, -0.1) is 0 Å². The van der Waals surface area contributed by atoms with Crippen molar-refractivity contribution in [1.29, 1.82) is 0 Å². The number of nitrogens with two attached hydrogens (primary N) is 1. The van der Waals surface area contributed by atoms with Crippen molar-refractivity contribution >= 4 is 17.8 Å². The van der Waals surface area contributed by atoms with E-state index in [-0.39, 0.29) is 17.9 Å². The van der Waals surface area contributed by atoms with Crippen molar-refractivity contribution in [3.63, 3.8) is 0 Å². The van der Waals surface area contributed by atoms with Crippen LogP contribution in [-0.2, 0) is 9.59 Å². The number of primary amides is 1. The fourth-order valence-corrected chi connectivity index (χ4v) is 4.00. The molecule has 1 unspecified atom stereocenters. The predicted octanol–water partition coefficient (Wildman–Crippen LogP) is 0.849. The highest BCUT2D eigenvalue weighted by molar-refractivity contribution is 6.06. The maximum atomic E-state index is 12.7. The molecule has 3 fully saturated rings. The molecule has 3 aliphatic rings. The molecule has 4 amide bonds. The third-order valence-corrected chi connectivity index (χ3v) is 5.06. The average molecular weight is 279 g/mol. The molecule has 6 nitrogen and oxygen atoms in total. The van der Waals surface area contributed by atoms with Crippen LogP contribution in [0.5, 0.6) is 0 Å². The first-order valence-corrected chi connectivity index (χ1v) is 7.44. The lowest BCUT2D eigenvalue weighted by molar-refractivity contribution is -0.145. The van der Waals surface area contributed by atoms with Gasteiger partial charge in [-0.3, -0.25) is 14.5 Å². The molecular weight excluding hydrogens is 258 g/mol. The third kappa shape index (κ3) is 1.98. The number of piperidine rings is 1. The van der Waals surface area contributed by atoms with Crippen LogP contribution in [0, 0.1) is 5.41 Å². The van der Waals surface area contributed by atoms with E-state index < -0.39 is 11.4 Å². The van der Waals surface area contributed by atoms with E-state index >= 15 is 0 Å². The molecule has 110 valence electrons. The highest BCUT2D eigenvalue weighted by Crippen LogP contribution is 2.47. The van der Waals surface area contributed by atoms with E-state index in [1.165, 1.54) is 9.80 Å². The monoisotopic (exact) mass is 279 g/mol. The summed E-state index contributed by atoms with van der Waals surface area (Å²) in [6, 6.07) is -0.652. The fraction of sp³-hybridized carbons (Fsp3) is 0.786. The standard InChI is InChI=1S/C14H21N3O3/c15-13(20)16-7-3-4-10(9-16)17-11(18)8-14(12(17)19)5-1-2-6-14/h10H,1-9H2,(H2,15,20). The van der Waals surface area contributed by atoms with E-state index in [1.807, 2.05) is 0 Å². The summed E-state index contributed by atoms with van der Waals surface area (Å²) in [7, 11) is 0. The Balaban J connectivity index is 1.78. The minimum Gasteiger partial charge on any atom is -0.351 e. The molecule has 2 N–H and O–H groups in total. The first-order valence-electron chi connectivity index (χ1n) is 7.44. The van der Waals surface area contributed by atoms with Gasteiger partial charge in [-0.25, -0.2) is 4.79 Å². The molecule has 1 saturated carbocycles. The Labute approximate surface area is 118 Å². The summed E-state index contributed by atoms with van der Waals surface area (Å²) in [6.45, 7) is 1.01. The van der Waals surface area contributed by atoms with Crippen LogP contribution in [0.15, 0.2) is 0 Å². The molecule has 0 bridgehead atoms. The Morgan fingerprint density at radius 1 is 1.20 bits per heavy atom. The summed E-state index contributed by atoms with van der Waals surface area (Å²) in [4.78, 5) is 39.2. The van der Waals surface area contributed by atoms with Gasteiger partial charge in [-0.05, 0) is 25.7 Å². The number of rotatable bonds is 1. The minimum atomic E-state index is -0.468. The largest absolute Gasteiger partial charge is 0.351 e. The van der Waals surface area contributed by atoms with Gasteiger partial charge in [0.2, 0.25) is 11.8 Å². The fourth-order valence-electron chi connectivity index (χ4n) is 4.00. The summed E-state index contributed by atoms with van der Waals surface area (Å²) in [6.07, 6.45) is 5.66. The molecule has 1 aliphatic carbocycles. The maximum absolute atomic E-state index is 12.7. The number of imide groups is 1. The van der Waals surface area contributed by atoms with Crippen LogP contribution < -0.4 is 5.73 Å². The molecule has 0 radical (unpaired) electrons. The molecule has 1 spiro atoms. The van der Waals surface area contributed by atoms with E-state index in [0.29, 0.717) is 19.5 Å². The quantitative estimate of drug-likeness (QED) is 0.722. The molecule has 2 aliphatic heterocycles. The lowest BCUT2D eigenvalue weighted by Gasteiger charge is -2.36. The average Bonchev–Trinajstić information content (AvgIpc) is 2.97. The van der Waals surface area contributed by atoms with Gasteiger partial charge in [0, 0.05) is 19.5 Å². The number of hydrogen-bond donors (Lipinski definition) is 1. The zero-order valence-corrected chi connectivity index (χ0v) is 11.6. The van der Waals surface area contributed by atoms with Crippen LogP contribution in [-0.4, -0.2) is 46.8 Å². The first-order chi connectivity index (χ1) is 9.53. The van der Waals surface area contributed by atoms with Crippen molar-refractivity contribution in [2.24, 2.45) is 11.1 Å². The summed E-state index contributed by atoms with van der Waals surface area (Å²) in [5.74, 6) is -0.0652. The lowest BCUT2D eigenvalue weighted by Crippen LogP contribution is -2.53. The van der Waals surface area contributed by atoms with Gasteiger partial charge in [-0.1, -0.05) is 12.8 Å². The molecule has 0 aromatic carbocycles.